The number of aromatic nitrogens is 4. The third-order valence-electron chi connectivity index (χ3n) is 4.00. The van der Waals surface area contributed by atoms with Gasteiger partial charge >= 0.3 is 0 Å². The fourth-order valence-electron chi connectivity index (χ4n) is 2.48. The number of hydrogen-bond donors (Lipinski definition) is 2. The van der Waals surface area contributed by atoms with Crippen LogP contribution >= 0.6 is 0 Å². The van der Waals surface area contributed by atoms with E-state index in [4.69, 9.17) is 14.4 Å². The molecule has 0 bridgehead atoms. The third-order valence-corrected chi connectivity index (χ3v) is 4.00. The van der Waals surface area contributed by atoms with Gasteiger partial charge in [0.15, 0.2) is 0 Å². The summed E-state index contributed by atoms with van der Waals surface area (Å²) in [4.78, 5) is 16.5. The standard InChI is InChI=1S/C18H21N5O4/c1-11(9-24)20-18(25)15-8-16(21-23(15)3)26-10-13-12(2)27-22-17(13)14-6-4-5-7-19-14/h4-8,11,24H,9-10H2,1-3H3,(H,20,25)/t11-/m1/s1. The van der Waals surface area contributed by atoms with E-state index in [0.29, 0.717) is 28.7 Å². The van der Waals surface area contributed by atoms with Crippen LogP contribution in [-0.4, -0.2) is 43.6 Å². The van der Waals surface area contributed by atoms with Crippen molar-refractivity contribution >= 4 is 5.91 Å². The van der Waals surface area contributed by atoms with E-state index in [1.165, 1.54) is 4.68 Å². The summed E-state index contributed by atoms with van der Waals surface area (Å²) in [6.45, 7) is 3.54. The maximum Gasteiger partial charge on any atom is 0.269 e. The molecule has 3 heterocycles. The summed E-state index contributed by atoms with van der Waals surface area (Å²) in [6.07, 6.45) is 1.68. The Morgan fingerprint density at radius 3 is 2.96 bits per heavy atom. The molecule has 3 aromatic rings. The largest absolute Gasteiger partial charge is 0.471 e. The molecular formula is C18H21N5O4. The van der Waals surface area contributed by atoms with E-state index in [9.17, 15) is 4.79 Å². The molecule has 1 amide bonds. The molecule has 0 fully saturated rings. The van der Waals surface area contributed by atoms with Gasteiger partial charge in [0.25, 0.3) is 5.91 Å². The first kappa shape index (κ1) is 18.6. The van der Waals surface area contributed by atoms with Crippen LogP contribution in [0.5, 0.6) is 5.88 Å². The number of carbonyl (C=O) groups is 1. The lowest BCUT2D eigenvalue weighted by Gasteiger charge is -2.09. The van der Waals surface area contributed by atoms with Gasteiger partial charge in [-0.05, 0) is 26.0 Å². The molecule has 0 aromatic carbocycles. The highest BCUT2D eigenvalue weighted by molar-refractivity contribution is 5.93. The quantitative estimate of drug-likeness (QED) is 0.646. The number of rotatable bonds is 7. The Morgan fingerprint density at radius 1 is 1.44 bits per heavy atom. The highest BCUT2D eigenvalue weighted by atomic mass is 16.5. The van der Waals surface area contributed by atoms with Crippen LogP contribution in [0.25, 0.3) is 11.4 Å². The highest BCUT2D eigenvalue weighted by Crippen LogP contribution is 2.25. The van der Waals surface area contributed by atoms with Crippen LogP contribution in [0.1, 0.15) is 28.7 Å². The first-order chi connectivity index (χ1) is 13.0. The molecule has 0 aliphatic rings. The predicted octanol–water partition coefficient (Wildman–Crippen LogP) is 1.47. The zero-order valence-corrected chi connectivity index (χ0v) is 15.3. The zero-order valence-electron chi connectivity index (χ0n) is 15.3. The molecule has 1 atom stereocenters. The average molecular weight is 371 g/mol. The molecule has 3 rings (SSSR count). The number of aliphatic hydroxyl groups is 1. The fourth-order valence-corrected chi connectivity index (χ4v) is 2.48. The van der Waals surface area contributed by atoms with Crippen molar-refractivity contribution in [2.45, 2.75) is 26.5 Å². The van der Waals surface area contributed by atoms with Crippen molar-refractivity contribution < 1.29 is 19.2 Å². The van der Waals surface area contributed by atoms with E-state index in [1.54, 1.807) is 33.2 Å². The van der Waals surface area contributed by atoms with Crippen LogP contribution in [0.2, 0.25) is 0 Å². The first-order valence-corrected chi connectivity index (χ1v) is 8.44. The Balaban J connectivity index is 1.74. The molecule has 27 heavy (non-hydrogen) atoms. The lowest BCUT2D eigenvalue weighted by Crippen LogP contribution is -2.36. The van der Waals surface area contributed by atoms with E-state index in [1.807, 2.05) is 18.2 Å². The summed E-state index contributed by atoms with van der Waals surface area (Å²) < 4.78 is 12.5. The number of hydrogen-bond acceptors (Lipinski definition) is 7. The number of pyridine rings is 1. The lowest BCUT2D eigenvalue weighted by atomic mass is 10.1. The van der Waals surface area contributed by atoms with Crippen molar-refractivity contribution in [3.8, 4) is 17.3 Å². The maximum absolute atomic E-state index is 12.2. The number of amides is 1. The Bertz CT molecular complexity index is 919. The summed E-state index contributed by atoms with van der Waals surface area (Å²) >= 11 is 0. The second-order valence-electron chi connectivity index (χ2n) is 6.12. The van der Waals surface area contributed by atoms with E-state index in [0.717, 1.165) is 5.56 Å². The van der Waals surface area contributed by atoms with Gasteiger partial charge in [0.1, 0.15) is 23.8 Å². The van der Waals surface area contributed by atoms with Gasteiger partial charge in [0, 0.05) is 25.4 Å². The molecular weight excluding hydrogens is 350 g/mol. The van der Waals surface area contributed by atoms with Gasteiger partial charge in [-0.2, -0.15) is 0 Å². The minimum Gasteiger partial charge on any atom is -0.471 e. The number of ether oxygens (including phenoxy) is 1. The molecule has 9 heteroatoms. The Labute approximate surface area is 156 Å². The van der Waals surface area contributed by atoms with Gasteiger partial charge < -0.3 is 19.7 Å². The third kappa shape index (κ3) is 4.14. The Hall–Kier alpha value is -3.20. The summed E-state index contributed by atoms with van der Waals surface area (Å²) in [7, 11) is 1.65. The monoisotopic (exact) mass is 371 g/mol. The highest BCUT2D eigenvalue weighted by Gasteiger charge is 2.19. The van der Waals surface area contributed by atoms with Crippen molar-refractivity contribution in [2.24, 2.45) is 7.05 Å². The molecule has 2 N–H and O–H groups in total. The van der Waals surface area contributed by atoms with Crippen LogP contribution in [0, 0.1) is 6.92 Å². The first-order valence-electron chi connectivity index (χ1n) is 8.44. The molecule has 0 radical (unpaired) electrons. The normalized spacial score (nSPS) is 12.0. The summed E-state index contributed by atoms with van der Waals surface area (Å²) in [5.41, 5.74) is 2.39. The number of nitrogens with zero attached hydrogens (tertiary/aromatic N) is 4. The van der Waals surface area contributed by atoms with E-state index >= 15 is 0 Å². The van der Waals surface area contributed by atoms with Crippen molar-refractivity contribution in [3.63, 3.8) is 0 Å². The van der Waals surface area contributed by atoms with Gasteiger partial charge in [-0.3, -0.25) is 14.5 Å². The summed E-state index contributed by atoms with van der Waals surface area (Å²) in [5, 5.41) is 20.0. The lowest BCUT2D eigenvalue weighted by molar-refractivity contribution is 0.0912. The van der Waals surface area contributed by atoms with Gasteiger partial charge in [-0.15, -0.1) is 5.10 Å². The molecule has 0 aliphatic carbocycles. The number of aliphatic hydroxyl groups excluding tert-OH is 1. The summed E-state index contributed by atoms with van der Waals surface area (Å²) in [6, 6.07) is 6.73. The molecule has 0 spiro atoms. The van der Waals surface area contributed by atoms with Gasteiger partial charge in [-0.25, -0.2) is 0 Å². The fraction of sp³-hybridized carbons (Fsp3) is 0.333. The van der Waals surface area contributed by atoms with E-state index in [2.05, 4.69) is 20.6 Å². The smallest absolute Gasteiger partial charge is 0.269 e. The van der Waals surface area contributed by atoms with Gasteiger partial charge in [0.2, 0.25) is 5.88 Å². The second-order valence-corrected chi connectivity index (χ2v) is 6.12. The molecule has 3 aromatic heterocycles. The van der Waals surface area contributed by atoms with Crippen LogP contribution in [0.3, 0.4) is 0 Å². The van der Waals surface area contributed by atoms with E-state index < -0.39 is 0 Å². The van der Waals surface area contributed by atoms with Crippen LogP contribution in [-0.2, 0) is 13.7 Å². The van der Waals surface area contributed by atoms with Crippen LogP contribution in [0.15, 0.2) is 35.0 Å². The molecule has 0 unspecified atom stereocenters. The van der Waals surface area contributed by atoms with Gasteiger partial charge in [0.05, 0.1) is 17.9 Å². The van der Waals surface area contributed by atoms with Crippen LogP contribution in [0.4, 0.5) is 0 Å². The van der Waals surface area contributed by atoms with Crippen molar-refractivity contribution in [2.75, 3.05) is 6.61 Å². The van der Waals surface area contributed by atoms with E-state index in [-0.39, 0.29) is 25.2 Å². The number of nitrogens with one attached hydrogen (secondary N) is 1. The minimum atomic E-state index is -0.350. The zero-order chi connectivity index (χ0) is 19.4. The summed E-state index contributed by atoms with van der Waals surface area (Å²) in [5.74, 6) is 0.588. The van der Waals surface area contributed by atoms with Gasteiger partial charge in [-0.1, -0.05) is 11.2 Å². The molecule has 9 nitrogen and oxygen atoms in total. The van der Waals surface area contributed by atoms with Crippen molar-refractivity contribution in [1.82, 2.24) is 25.2 Å². The molecule has 0 saturated heterocycles. The Kier molecular flexibility index (Phi) is 5.51. The van der Waals surface area contributed by atoms with Crippen molar-refractivity contribution in [1.29, 1.82) is 0 Å². The SMILES string of the molecule is Cc1onc(-c2ccccn2)c1COc1cc(C(=O)N[C@H](C)CO)n(C)n1. The Morgan fingerprint density at radius 2 is 2.26 bits per heavy atom. The predicted molar refractivity (Wildman–Crippen MR) is 96.0 cm³/mol. The average Bonchev–Trinajstić information content (AvgIpc) is 3.23. The number of carbonyl (C=O) groups excluding carboxylic acids is 1. The molecule has 0 aliphatic heterocycles. The van der Waals surface area contributed by atoms with Crippen LogP contribution < -0.4 is 10.1 Å². The molecule has 142 valence electrons. The number of aryl methyl sites for hydroxylation is 2. The minimum absolute atomic E-state index is 0.143. The second kappa shape index (κ2) is 8.00. The van der Waals surface area contributed by atoms with Crippen molar-refractivity contribution in [3.05, 3.63) is 47.5 Å². The topological polar surface area (TPSA) is 115 Å². The molecule has 0 saturated carbocycles. The maximum atomic E-state index is 12.2.